The Morgan fingerprint density at radius 2 is 2.00 bits per heavy atom. The number of allylic oxidation sites excluding steroid dienone is 1. The Labute approximate surface area is 128 Å². The Kier molecular flexibility index (Phi) is 3.74. The number of nitrogens with one attached hydrogen (secondary N) is 1. The lowest BCUT2D eigenvalue weighted by Crippen LogP contribution is -1.93. The van der Waals surface area contributed by atoms with Gasteiger partial charge in [-0.3, -0.25) is 9.78 Å². The molecule has 0 unspecified atom stereocenters. The number of methoxy groups -OCH3 is 1. The van der Waals surface area contributed by atoms with Crippen LogP contribution < -0.4 is 4.74 Å². The van der Waals surface area contributed by atoms with Crippen molar-refractivity contribution < 1.29 is 9.53 Å². The topological polar surface area (TPSA) is 55.0 Å². The molecule has 2 aromatic heterocycles. The third kappa shape index (κ3) is 2.51. The van der Waals surface area contributed by atoms with E-state index < -0.39 is 0 Å². The van der Waals surface area contributed by atoms with Crippen molar-refractivity contribution in [2.45, 2.75) is 6.92 Å². The summed E-state index contributed by atoms with van der Waals surface area (Å²) < 4.78 is 5.43. The van der Waals surface area contributed by atoms with Crippen molar-refractivity contribution in [3.63, 3.8) is 0 Å². The fourth-order valence-electron chi connectivity index (χ4n) is 2.52. The molecule has 0 fully saturated rings. The van der Waals surface area contributed by atoms with Crippen molar-refractivity contribution in [2.24, 2.45) is 0 Å². The summed E-state index contributed by atoms with van der Waals surface area (Å²) in [6.45, 7) is 1.98. The van der Waals surface area contributed by atoms with Gasteiger partial charge in [0.2, 0.25) is 0 Å². The molecule has 0 bridgehead atoms. The number of H-pyrrole nitrogens is 1. The van der Waals surface area contributed by atoms with Crippen LogP contribution in [0.1, 0.15) is 21.6 Å². The molecule has 0 saturated heterocycles. The minimum absolute atomic E-state index is 0.0500. The lowest BCUT2D eigenvalue weighted by atomic mass is 10.1. The second kappa shape index (κ2) is 5.85. The van der Waals surface area contributed by atoms with Crippen LogP contribution in [0.25, 0.3) is 17.0 Å². The number of nitrogens with zero attached hydrogens (tertiary/aromatic N) is 1. The molecule has 0 saturated carbocycles. The third-order valence-electron chi connectivity index (χ3n) is 3.61. The Balaban J connectivity index is 2.02. The largest absolute Gasteiger partial charge is 0.496 e. The molecule has 0 aliphatic carbocycles. The first-order valence-electron chi connectivity index (χ1n) is 6.98. The summed E-state index contributed by atoms with van der Waals surface area (Å²) in [4.78, 5) is 19.4. The molecular formula is C18H16N2O2. The number of aromatic amines is 1. The molecule has 2 heterocycles. The van der Waals surface area contributed by atoms with Crippen LogP contribution in [-0.4, -0.2) is 22.9 Å². The first kappa shape index (κ1) is 14.1. The van der Waals surface area contributed by atoms with E-state index in [0.29, 0.717) is 5.56 Å². The smallest absolute Gasteiger partial charge is 0.185 e. The Hall–Kier alpha value is -2.88. The molecule has 0 spiro atoms. The zero-order chi connectivity index (χ0) is 15.5. The van der Waals surface area contributed by atoms with E-state index in [9.17, 15) is 4.79 Å². The number of benzene rings is 1. The van der Waals surface area contributed by atoms with Gasteiger partial charge in [-0.05, 0) is 43.3 Å². The highest BCUT2D eigenvalue weighted by Crippen LogP contribution is 2.31. The van der Waals surface area contributed by atoms with Gasteiger partial charge in [-0.15, -0.1) is 0 Å². The summed E-state index contributed by atoms with van der Waals surface area (Å²) >= 11 is 0. The molecule has 22 heavy (non-hydrogen) atoms. The predicted octanol–water partition coefficient (Wildman–Crippen LogP) is 3.78. The van der Waals surface area contributed by atoms with Crippen LogP contribution in [0, 0.1) is 6.92 Å². The van der Waals surface area contributed by atoms with E-state index in [1.54, 1.807) is 37.7 Å². The highest BCUT2D eigenvalue weighted by molar-refractivity contribution is 6.08. The summed E-state index contributed by atoms with van der Waals surface area (Å²) in [5, 5.41) is 0.987. The van der Waals surface area contributed by atoms with Crippen LogP contribution in [0.15, 0.2) is 48.8 Å². The first-order chi connectivity index (χ1) is 10.7. The highest BCUT2D eigenvalue weighted by atomic mass is 16.5. The van der Waals surface area contributed by atoms with Crippen molar-refractivity contribution in [3.05, 3.63) is 65.6 Å². The van der Waals surface area contributed by atoms with Crippen LogP contribution >= 0.6 is 0 Å². The van der Waals surface area contributed by atoms with E-state index in [0.717, 1.165) is 27.9 Å². The Bertz CT molecular complexity index is 848. The van der Waals surface area contributed by atoms with Crippen LogP contribution in [-0.2, 0) is 0 Å². The number of ketones is 1. The SMILES string of the molecule is COc1cccc2[nH]c(C)c(/C=C/C(=O)c3ccncc3)c12. The van der Waals surface area contributed by atoms with Crippen molar-refractivity contribution >= 4 is 22.8 Å². The zero-order valence-electron chi connectivity index (χ0n) is 12.5. The predicted molar refractivity (Wildman–Crippen MR) is 87.2 cm³/mol. The summed E-state index contributed by atoms with van der Waals surface area (Å²) in [5.41, 5.74) is 3.58. The fraction of sp³-hybridized carbons (Fsp3) is 0.111. The quantitative estimate of drug-likeness (QED) is 0.588. The number of aryl methyl sites for hydroxylation is 1. The maximum absolute atomic E-state index is 12.2. The van der Waals surface area contributed by atoms with Gasteiger partial charge >= 0.3 is 0 Å². The van der Waals surface area contributed by atoms with Gasteiger partial charge in [0, 0.05) is 40.1 Å². The van der Waals surface area contributed by atoms with Crippen LogP contribution in [0.4, 0.5) is 0 Å². The minimum atomic E-state index is -0.0500. The number of hydrogen-bond acceptors (Lipinski definition) is 3. The average molecular weight is 292 g/mol. The Morgan fingerprint density at radius 1 is 1.23 bits per heavy atom. The lowest BCUT2D eigenvalue weighted by Gasteiger charge is -2.02. The summed E-state index contributed by atoms with van der Waals surface area (Å²) in [6, 6.07) is 9.25. The van der Waals surface area contributed by atoms with Gasteiger partial charge in [-0.2, -0.15) is 0 Å². The van der Waals surface area contributed by atoms with E-state index in [4.69, 9.17) is 4.74 Å². The molecule has 0 amide bonds. The average Bonchev–Trinajstić information content (AvgIpc) is 2.88. The van der Waals surface area contributed by atoms with Crippen LogP contribution in [0.5, 0.6) is 5.75 Å². The van der Waals surface area contributed by atoms with Gasteiger partial charge < -0.3 is 9.72 Å². The van der Waals surface area contributed by atoms with Gasteiger partial charge in [-0.1, -0.05) is 6.07 Å². The van der Waals surface area contributed by atoms with E-state index in [2.05, 4.69) is 9.97 Å². The number of aromatic nitrogens is 2. The van der Waals surface area contributed by atoms with Gasteiger partial charge in [0.15, 0.2) is 5.78 Å². The normalized spacial score (nSPS) is 11.2. The lowest BCUT2D eigenvalue weighted by molar-refractivity contribution is 0.104. The molecule has 1 N–H and O–H groups in total. The second-order valence-electron chi connectivity index (χ2n) is 4.98. The van der Waals surface area contributed by atoms with E-state index >= 15 is 0 Å². The van der Waals surface area contributed by atoms with Crippen molar-refractivity contribution in [1.29, 1.82) is 0 Å². The second-order valence-corrected chi connectivity index (χ2v) is 4.98. The molecule has 0 radical (unpaired) electrons. The number of rotatable bonds is 4. The molecule has 3 aromatic rings. The number of pyridine rings is 1. The summed E-state index contributed by atoms with van der Waals surface area (Å²) in [5.74, 6) is 0.740. The zero-order valence-corrected chi connectivity index (χ0v) is 12.5. The minimum Gasteiger partial charge on any atom is -0.496 e. The van der Waals surface area contributed by atoms with Crippen molar-refractivity contribution in [2.75, 3.05) is 7.11 Å². The van der Waals surface area contributed by atoms with Gasteiger partial charge in [0.1, 0.15) is 5.75 Å². The van der Waals surface area contributed by atoms with E-state index in [1.807, 2.05) is 31.2 Å². The molecular weight excluding hydrogens is 276 g/mol. The number of carbonyl (C=O) groups excluding carboxylic acids is 1. The first-order valence-corrected chi connectivity index (χ1v) is 6.98. The molecule has 4 nitrogen and oxygen atoms in total. The van der Waals surface area contributed by atoms with Crippen LogP contribution in [0.3, 0.4) is 0 Å². The third-order valence-corrected chi connectivity index (χ3v) is 3.61. The molecule has 0 aliphatic heterocycles. The molecule has 0 aliphatic rings. The van der Waals surface area contributed by atoms with Crippen LogP contribution in [0.2, 0.25) is 0 Å². The highest BCUT2D eigenvalue weighted by Gasteiger charge is 2.11. The Morgan fingerprint density at radius 3 is 2.73 bits per heavy atom. The molecule has 110 valence electrons. The van der Waals surface area contributed by atoms with Crippen molar-refractivity contribution in [3.8, 4) is 5.75 Å². The van der Waals surface area contributed by atoms with Gasteiger partial charge in [0.25, 0.3) is 0 Å². The molecule has 4 heteroatoms. The fourth-order valence-corrected chi connectivity index (χ4v) is 2.52. The monoisotopic (exact) mass is 292 g/mol. The summed E-state index contributed by atoms with van der Waals surface area (Å²) in [6.07, 6.45) is 6.64. The molecule has 1 aromatic carbocycles. The van der Waals surface area contributed by atoms with Gasteiger partial charge in [0.05, 0.1) is 7.11 Å². The number of carbonyl (C=O) groups is 1. The van der Waals surface area contributed by atoms with E-state index in [-0.39, 0.29) is 5.78 Å². The number of ether oxygens (including phenoxy) is 1. The van der Waals surface area contributed by atoms with Gasteiger partial charge in [-0.25, -0.2) is 0 Å². The summed E-state index contributed by atoms with van der Waals surface area (Å²) in [7, 11) is 1.65. The van der Waals surface area contributed by atoms with Crippen molar-refractivity contribution in [1.82, 2.24) is 9.97 Å². The maximum atomic E-state index is 12.2. The van der Waals surface area contributed by atoms with E-state index in [1.165, 1.54) is 0 Å². The maximum Gasteiger partial charge on any atom is 0.185 e. The standard InChI is InChI=1S/C18H16N2O2/c1-12-14(6-7-16(21)13-8-10-19-11-9-13)18-15(20-12)4-3-5-17(18)22-2/h3-11,20H,1-2H3/b7-6+. The molecule has 0 atom stereocenters. The number of fused-ring (bicyclic) bond motifs is 1. The molecule has 3 rings (SSSR count). The number of hydrogen-bond donors (Lipinski definition) is 1.